The minimum Gasteiger partial charge on any atom is -0.488 e. The van der Waals surface area contributed by atoms with E-state index >= 15 is 0 Å². The van der Waals surface area contributed by atoms with Crippen molar-refractivity contribution in [3.05, 3.63) is 52.5 Å². The van der Waals surface area contributed by atoms with E-state index in [0.717, 1.165) is 12.8 Å². The summed E-state index contributed by atoms with van der Waals surface area (Å²) >= 11 is 1.41. The van der Waals surface area contributed by atoms with Crippen LogP contribution in [0.3, 0.4) is 0 Å². The first-order valence-electron chi connectivity index (χ1n) is 9.05. The molecule has 1 N–H and O–H groups in total. The van der Waals surface area contributed by atoms with Gasteiger partial charge in [0.1, 0.15) is 6.61 Å². The first-order chi connectivity index (χ1) is 13.0. The van der Waals surface area contributed by atoms with Gasteiger partial charge in [-0.25, -0.2) is 4.39 Å². The fourth-order valence-corrected chi connectivity index (χ4v) is 3.80. The number of amides is 2. The fraction of sp³-hybridized carbons (Fsp3) is 0.400. The standard InChI is InChI=1S/C20H23FN2O3S/c1-14(13-26-17-8-3-2-7-16(17)21)22-19(24)15-6-4-10-23(12-15)20(25)18-9-5-11-27-18/h2-3,5,7-9,11,14-15H,4,6,10,12-13H2,1H3,(H,22,24). The molecule has 144 valence electrons. The lowest BCUT2D eigenvalue weighted by molar-refractivity contribution is -0.127. The number of para-hydroxylation sites is 1. The van der Waals surface area contributed by atoms with E-state index in [1.807, 2.05) is 18.4 Å². The van der Waals surface area contributed by atoms with Gasteiger partial charge < -0.3 is 15.0 Å². The van der Waals surface area contributed by atoms with Crippen LogP contribution < -0.4 is 10.1 Å². The summed E-state index contributed by atoms with van der Waals surface area (Å²) < 4.78 is 19.0. The van der Waals surface area contributed by atoms with Crippen LogP contribution in [0.15, 0.2) is 41.8 Å². The molecule has 0 bridgehead atoms. The van der Waals surface area contributed by atoms with Crippen molar-refractivity contribution in [1.29, 1.82) is 0 Å². The number of carbonyl (C=O) groups is 2. The third-order valence-corrected chi connectivity index (χ3v) is 5.38. The minimum absolute atomic E-state index is 0.0153. The lowest BCUT2D eigenvalue weighted by Crippen LogP contribution is -2.48. The number of nitrogens with one attached hydrogen (secondary N) is 1. The van der Waals surface area contributed by atoms with E-state index in [-0.39, 0.29) is 36.1 Å². The molecule has 2 aromatic rings. The molecule has 2 unspecified atom stereocenters. The first-order valence-corrected chi connectivity index (χ1v) is 9.93. The zero-order valence-electron chi connectivity index (χ0n) is 15.2. The number of ether oxygens (including phenoxy) is 1. The number of piperidine rings is 1. The molecule has 2 amide bonds. The number of carbonyl (C=O) groups excluding carboxylic acids is 2. The Kier molecular flexibility index (Phi) is 6.45. The molecule has 1 aliphatic rings. The maximum absolute atomic E-state index is 13.6. The molecular weight excluding hydrogens is 367 g/mol. The minimum atomic E-state index is -0.425. The zero-order valence-corrected chi connectivity index (χ0v) is 16.0. The molecule has 3 rings (SSSR count). The van der Waals surface area contributed by atoms with Gasteiger partial charge in [-0.2, -0.15) is 0 Å². The van der Waals surface area contributed by atoms with Crippen LogP contribution in [0.25, 0.3) is 0 Å². The predicted molar refractivity (Wildman–Crippen MR) is 102 cm³/mol. The number of hydrogen-bond donors (Lipinski definition) is 1. The average Bonchev–Trinajstić information content (AvgIpc) is 3.21. The number of benzene rings is 1. The van der Waals surface area contributed by atoms with Gasteiger partial charge in [0.2, 0.25) is 5.91 Å². The number of hydrogen-bond acceptors (Lipinski definition) is 4. The Balaban J connectivity index is 1.49. The molecule has 0 spiro atoms. The van der Waals surface area contributed by atoms with Crippen LogP contribution >= 0.6 is 11.3 Å². The summed E-state index contributed by atoms with van der Waals surface area (Å²) in [6.07, 6.45) is 1.55. The molecule has 1 fully saturated rings. The van der Waals surface area contributed by atoms with Crippen LogP contribution in [-0.4, -0.2) is 42.5 Å². The van der Waals surface area contributed by atoms with Crippen LogP contribution in [0.4, 0.5) is 4.39 Å². The molecule has 0 saturated carbocycles. The highest BCUT2D eigenvalue weighted by Gasteiger charge is 2.29. The number of likely N-dealkylation sites (tertiary alicyclic amines) is 1. The van der Waals surface area contributed by atoms with E-state index in [4.69, 9.17) is 4.74 Å². The monoisotopic (exact) mass is 390 g/mol. The van der Waals surface area contributed by atoms with Crippen molar-refractivity contribution in [2.75, 3.05) is 19.7 Å². The second-order valence-electron chi connectivity index (χ2n) is 6.72. The van der Waals surface area contributed by atoms with Crippen molar-refractivity contribution >= 4 is 23.2 Å². The summed E-state index contributed by atoms with van der Waals surface area (Å²) in [5.74, 6) is -0.602. The Labute approximate surface area is 162 Å². The number of nitrogens with zero attached hydrogens (tertiary/aromatic N) is 1. The first kappa shape index (κ1) is 19.4. The van der Waals surface area contributed by atoms with E-state index in [9.17, 15) is 14.0 Å². The summed E-state index contributed by atoms with van der Waals surface area (Å²) in [7, 11) is 0. The van der Waals surface area contributed by atoms with E-state index < -0.39 is 5.82 Å². The molecule has 1 aromatic heterocycles. The quantitative estimate of drug-likeness (QED) is 0.823. The van der Waals surface area contributed by atoms with Crippen LogP contribution in [0.2, 0.25) is 0 Å². The largest absolute Gasteiger partial charge is 0.488 e. The van der Waals surface area contributed by atoms with Crippen LogP contribution in [0.1, 0.15) is 29.4 Å². The number of halogens is 1. The van der Waals surface area contributed by atoms with E-state index in [0.29, 0.717) is 18.0 Å². The van der Waals surface area contributed by atoms with Crippen molar-refractivity contribution in [1.82, 2.24) is 10.2 Å². The van der Waals surface area contributed by atoms with Crippen LogP contribution in [-0.2, 0) is 4.79 Å². The lowest BCUT2D eigenvalue weighted by Gasteiger charge is -2.32. The maximum atomic E-state index is 13.6. The third-order valence-electron chi connectivity index (χ3n) is 4.53. The molecule has 2 heterocycles. The van der Waals surface area contributed by atoms with Gasteiger partial charge in [0.25, 0.3) is 5.91 Å². The summed E-state index contributed by atoms with van der Waals surface area (Å²) in [4.78, 5) is 27.5. The summed E-state index contributed by atoms with van der Waals surface area (Å²) in [6, 6.07) is 9.57. The van der Waals surface area contributed by atoms with Gasteiger partial charge >= 0.3 is 0 Å². The number of rotatable bonds is 6. The molecular formula is C20H23FN2O3S. The average molecular weight is 390 g/mol. The Hall–Kier alpha value is -2.41. The van der Waals surface area contributed by atoms with Gasteiger partial charge in [-0.05, 0) is 43.3 Å². The smallest absolute Gasteiger partial charge is 0.263 e. The van der Waals surface area contributed by atoms with Gasteiger partial charge in [0.15, 0.2) is 11.6 Å². The molecule has 1 aliphatic heterocycles. The number of thiophene rings is 1. The SMILES string of the molecule is CC(COc1ccccc1F)NC(=O)C1CCCN(C(=O)c2cccs2)C1. The normalized spacial score (nSPS) is 18.0. The Morgan fingerprint density at radius 1 is 1.33 bits per heavy atom. The second kappa shape index (κ2) is 8.99. The summed E-state index contributed by atoms with van der Waals surface area (Å²) in [6.45, 7) is 3.09. The predicted octanol–water partition coefficient (Wildman–Crippen LogP) is 3.32. The Bertz CT molecular complexity index is 781. The molecule has 0 aliphatic carbocycles. The Morgan fingerprint density at radius 3 is 2.89 bits per heavy atom. The maximum Gasteiger partial charge on any atom is 0.263 e. The fourth-order valence-electron chi connectivity index (χ4n) is 3.11. The van der Waals surface area contributed by atoms with E-state index in [1.165, 1.54) is 17.4 Å². The lowest BCUT2D eigenvalue weighted by atomic mass is 9.96. The third kappa shape index (κ3) is 5.07. The molecule has 0 radical (unpaired) electrons. The molecule has 1 saturated heterocycles. The van der Waals surface area contributed by atoms with Gasteiger partial charge in [-0.3, -0.25) is 9.59 Å². The van der Waals surface area contributed by atoms with Crippen molar-refractivity contribution in [3.8, 4) is 5.75 Å². The van der Waals surface area contributed by atoms with Crippen molar-refractivity contribution in [2.24, 2.45) is 5.92 Å². The van der Waals surface area contributed by atoms with Crippen molar-refractivity contribution in [3.63, 3.8) is 0 Å². The highest BCUT2D eigenvalue weighted by atomic mass is 32.1. The highest BCUT2D eigenvalue weighted by molar-refractivity contribution is 7.12. The van der Waals surface area contributed by atoms with Gasteiger partial charge in [0, 0.05) is 13.1 Å². The molecule has 27 heavy (non-hydrogen) atoms. The summed E-state index contributed by atoms with van der Waals surface area (Å²) in [5, 5.41) is 4.79. The second-order valence-corrected chi connectivity index (χ2v) is 7.67. The van der Waals surface area contributed by atoms with Gasteiger partial charge in [0.05, 0.1) is 16.8 Å². The van der Waals surface area contributed by atoms with Gasteiger partial charge in [-0.15, -0.1) is 11.3 Å². The molecule has 1 aromatic carbocycles. The Morgan fingerprint density at radius 2 is 2.15 bits per heavy atom. The van der Waals surface area contributed by atoms with E-state index in [1.54, 1.807) is 29.2 Å². The highest BCUT2D eigenvalue weighted by Crippen LogP contribution is 2.21. The van der Waals surface area contributed by atoms with Crippen LogP contribution in [0, 0.1) is 11.7 Å². The molecule has 5 nitrogen and oxygen atoms in total. The molecule has 7 heteroatoms. The van der Waals surface area contributed by atoms with E-state index in [2.05, 4.69) is 5.32 Å². The molecule has 2 atom stereocenters. The summed E-state index contributed by atoms with van der Waals surface area (Å²) in [5.41, 5.74) is 0. The topological polar surface area (TPSA) is 58.6 Å². The van der Waals surface area contributed by atoms with Gasteiger partial charge in [-0.1, -0.05) is 18.2 Å². The van der Waals surface area contributed by atoms with Crippen molar-refractivity contribution < 1.29 is 18.7 Å². The van der Waals surface area contributed by atoms with Crippen molar-refractivity contribution in [2.45, 2.75) is 25.8 Å². The van der Waals surface area contributed by atoms with Crippen LogP contribution in [0.5, 0.6) is 5.75 Å². The zero-order chi connectivity index (χ0) is 19.2.